The van der Waals surface area contributed by atoms with E-state index in [4.69, 9.17) is 5.26 Å². The predicted molar refractivity (Wildman–Crippen MR) is 85.2 cm³/mol. The number of halogens is 2. The molecule has 1 N–H and O–H groups in total. The van der Waals surface area contributed by atoms with Crippen LogP contribution in [0.15, 0.2) is 24.9 Å². The number of aromatic amines is 1. The Balaban J connectivity index is 1.92. The number of nitriles is 1. The van der Waals surface area contributed by atoms with Crippen molar-refractivity contribution in [3.05, 3.63) is 30.5 Å². The van der Waals surface area contributed by atoms with Crippen LogP contribution in [0.1, 0.15) is 18.4 Å². The average molecular weight is 348 g/mol. The highest BCUT2D eigenvalue weighted by molar-refractivity contribution is 5.81. The Labute approximate surface area is 143 Å². The summed E-state index contributed by atoms with van der Waals surface area (Å²) in [7, 11) is 0. The molecule has 132 valence electrons. The average Bonchev–Trinajstić information content (AvgIpc) is 3.05. The number of aryl methyl sites for hydroxylation is 1. The van der Waals surface area contributed by atoms with Crippen molar-refractivity contribution in [3.63, 3.8) is 0 Å². The number of likely N-dealkylation sites (tertiary alicyclic amines) is 1. The van der Waals surface area contributed by atoms with Gasteiger partial charge in [-0.1, -0.05) is 0 Å². The maximum Gasteiger partial charge on any atom is 0.289 e. The molecule has 0 aliphatic carbocycles. The number of rotatable bonds is 2. The monoisotopic (exact) mass is 348 g/mol. The Kier molecular flexibility index (Phi) is 4.29. The third-order valence-corrected chi connectivity index (χ3v) is 4.84. The van der Waals surface area contributed by atoms with Gasteiger partial charge in [0.25, 0.3) is 5.92 Å². The third-order valence-electron chi connectivity index (χ3n) is 4.84. The topological polar surface area (TPSA) is 88.9 Å². The van der Waals surface area contributed by atoms with Crippen LogP contribution in [0.3, 0.4) is 0 Å². The maximum atomic E-state index is 14.4. The van der Waals surface area contributed by atoms with Gasteiger partial charge in [0.05, 0.1) is 18.9 Å². The number of carbonyl (C=O) groups excluding carboxylic acids is 1. The van der Waals surface area contributed by atoms with Crippen LogP contribution in [0.25, 0.3) is 0 Å². The van der Waals surface area contributed by atoms with Crippen molar-refractivity contribution in [1.29, 1.82) is 5.26 Å². The first-order valence-corrected chi connectivity index (χ1v) is 7.89. The Morgan fingerprint density at radius 2 is 2.24 bits per heavy atom. The maximum absolute atomic E-state index is 14.4. The molecule has 9 heteroatoms. The molecule has 1 aromatic heterocycles. The van der Waals surface area contributed by atoms with E-state index in [0.717, 1.165) is 10.5 Å². The van der Waals surface area contributed by atoms with Crippen LogP contribution in [0.2, 0.25) is 0 Å². The highest BCUT2D eigenvalue weighted by Gasteiger charge is 2.70. The van der Waals surface area contributed by atoms with Gasteiger partial charge in [-0.25, -0.2) is 18.7 Å². The molecule has 1 atom stereocenters. The standard InChI is InChI=1S/C16H18F2N6O/c1-12-3-6-20-10-21-11-22-14(12)23-7-4-15(8-23)16(17,18)9-24(15)13(25)2-5-19/h3,6,10-11H,2,4,7-9H2,1H3,(H,20,21,22). The number of hydrogen-bond acceptors (Lipinski definition) is 5. The van der Waals surface area contributed by atoms with E-state index >= 15 is 0 Å². The smallest absolute Gasteiger partial charge is 0.289 e. The molecule has 1 unspecified atom stereocenters. The van der Waals surface area contributed by atoms with Crippen LogP contribution in [-0.4, -0.2) is 56.9 Å². The van der Waals surface area contributed by atoms with Crippen molar-refractivity contribution < 1.29 is 13.6 Å². The molecule has 1 spiro atoms. The summed E-state index contributed by atoms with van der Waals surface area (Å²) in [5.74, 6) is -2.86. The lowest BCUT2D eigenvalue weighted by Crippen LogP contribution is -2.77. The zero-order chi connectivity index (χ0) is 18.1. The molecule has 0 radical (unpaired) electrons. The molecule has 3 heterocycles. The molecule has 0 saturated carbocycles. The summed E-state index contributed by atoms with van der Waals surface area (Å²) in [5.41, 5.74) is -0.730. The number of hydrogen-bond donors (Lipinski definition) is 1. The molecule has 0 bridgehead atoms. The lowest BCUT2D eigenvalue weighted by molar-refractivity contribution is -0.233. The zero-order valence-corrected chi connectivity index (χ0v) is 13.7. The van der Waals surface area contributed by atoms with E-state index in [2.05, 4.69) is 15.0 Å². The number of nitrogens with one attached hydrogen (secondary N) is 1. The summed E-state index contributed by atoms with van der Waals surface area (Å²) in [6, 6.07) is 3.50. The summed E-state index contributed by atoms with van der Waals surface area (Å²) in [4.78, 5) is 25.9. The molecule has 0 aromatic carbocycles. The fourth-order valence-electron chi connectivity index (χ4n) is 3.49. The van der Waals surface area contributed by atoms with Gasteiger partial charge in [-0.2, -0.15) is 5.26 Å². The van der Waals surface area contributed by atoms with Gasteiger partial charge in [0, 0.05) is 19.3 Å². The fraction of sp³-hybridized carbons (Fsp3) is 0.500. The number of aromatic nitrogens is 3. The molecular formula is C16H18F2N6O. The van der Waals surface area contributed by atoms with E-state index in [9.17, 15) is 13.6 Å². The number of alkyl halides is 2. The molecule has 2 aliphatic rings. The van der Waals surface area contributed by atoms with E-state index in [-0.39, 0.29) is 19.4 Å². The quantitative estimate of drug-likeness (QED) is 0.876. The third kappa shape index (κ3) is 2.77. The van der Waals surface area contributed by atoms with Gasteiger partial charge in [0.1, 0.15) is 24.1 Å². The molecule has 2 fully saturated rings. The number of nitrogens with zero attached hydrogens (tertiary/aromatic N) is 5. The molecule has 7 nitrogen and oxygen atoms in total. The zero-order valence-electron chi connectivity index (χ0n) is 13.7. The summed E-state index contributed by atoms with van der Waals surface area (Å²) >= 11 is 0. The van der Waals surface area contributed by atoms with Gasteiger partial charge >= 0.3 is 0 Å². The van der Waals surface area contributed by atoms with E-state index in [1.807, 2.05) is 6.92 Å². The van der Waals surface area contributed by atoms with Crippen molar-refractivity contribution in [2.24, 2.45) is 0 Å². The number of amides is 1. The summed E-state index contributed by atoms with van der Waals surface area (Å²) in [6.07, 6.45) is 4.15. The first kappa shape index (κ1) is 17.1. The molecule has 25 heavy (non-hydrogen) atoms. The second-order valence-corrected chi connectivity index (χ2v) is 6.26. The Bertz CT molecular complexity index is 772. The molecule has 2 aliphatic heterocycles. The number of carbonyl (C=O) groups is 1. The van der Waals surface area contributed by atoms with Gasteiger partial charge < -0.3 is 14.8 Å². The number of anilines is 1. The fourth-order valence-corrected chi connectivity index (χ4v) is 3.49. The minimum absolute atomic E-state index is 0.000616. The first-order valence-electron chi connectivity index (χ1n) is 7.89. The van der Waals surface area contributed by atoms with Crippen molar-refractivity contribution in [2.45, 2.75) is 31.2 Å². The van der Waals surface area contributed by atoms with Gasteiger partial charge in [0.2, 0.25) is 5.91 Å². The lowest BCUT2D eigenvalue weighted by atomic mass is 9.79. The molecule has 3 rings (SSSR count). The van der Waals surface area contributed by atoms with Crippen molar-refractivity contribution in [3.8, 4) is 6.07 Å². The van der Waals surface area contributed by atoms with Gasteiger partial charge in [-0.05, 0) is 25.0 Å². The highest BCUT2D eigenvalue weighted by Crippen LogP contribution is 2.50. The lowest BCUT2D eigenvalue weighted by Gasteiger charge is -2.56. The van der Waals surface area contributed by atoms with Crippen LogP contribution in [0, 0.1) is 18.3 Å². The second-order valence-electron chi connectivity index (χ2n) is 6.26. The molecule has 1 aromatic rings. The highest BCUT2D eigenvalue weighted by atomic mass is 19.3. The Hall–Kier alpha value is -2.76. The Morgan fingerprint density at radius 1 is 1.44 bits per heavy atom. The predicted octanol–water partition coefficient (Wildman–Crippen LogP) is 1.58. The van der Waals surface area contributed by atoms with Gasteiger partial charge in [0.15, 0.2) is 0 Å². The molecule has 1 amide bonds. The van der Waals surface area contributed by atoms with Crippen LogP contribution in [-0.2, 0) is 4.79 Å². The van der Waals surface area contributed by atoms with E-state index < -0.39 is 23.9 Å². The van der Waals surface area contributed by atoms with Crippen LogP contribution >= 0.6 is 0 Å². The normalized spacial score (nSPS) is 23.8. The minimum Gasteiger partial charge on any atom is -0.355 e. The number of H-pyrrole nitrogens is 1. The van der Waals surface area contributed by atoms with Crippen molar-refractivity contribution >= 4 is 11.7 Å². The largest absolute Gasteiger partial charge is 0.355 e. The summed E-state index contributed by atoms with van der Waals surface area (Å²) in [5, 5.41) is 8.69. The van der Waals surface area contributed by atoms with Crippen LogP contribution in [0.5, 0.6) is 0 Å². The second kappa shape index (κ2) is 6.27. The molecular weight excluding hydrogens is 330 g/mol. The van der Waals surface area contributed by atoms with Gasteiger partial charge in [-0.3, -0.25) is 4.79 Å². The SMILES string of the molecule is Cc1ccncnc[nH]c1N1CCC2(C1)N(C(=O)CC#N)CC2(F)F. The minimum atomic E-state index is -2.97. The van der Waals surface area contributed by atoms with Crippen LogP contribution in [0.4, 0.5) is 14.6 Å². The molecule has 2 saturated heterocycles. The van der Waals surface area contributed by atoms with E-state index in [1.54, 1.807) is 23.2 Å². The van der Waals surface area contributed by atoms with E-state index in [1.165, 1.54) is 12.7 Å². The summed E-state index contributed by atoms with van der Waals surface area (Å²) < 4.78 is 28.8. The Morgan fingerprint density at radius 3 is 2.96 bits per heavy atom. The summed E-state index contributed by atoms with van der Waals surface area (Å²) in [6.45, 7) is 1.59. The van der Waals surface area contributed by atoms with E-state index in [0.29, 0.717) is 12.4 Å². The van der Waals surface area contributed by atoms with Gasteiger partial charge in [-0.15, -0.1) is 0 Å². The van der Waals surface area contributed by atoms with Crippen LogP contribution < -0.4 is 4.90 Å². The van der Waals surface area contributed by atoms with Crippen molar-refractivity contribution in [2.75, 3.05) is 24.5 Å². The van der Waals surface area contributed by atoms with Crippen molar-refractivity contribution in [1.82, 2.24) is 19.9 Å². The first-order chi connectivity index (χ1) is 11.9.